The van der Waals surface area contributed by atoms with Crippen LogP contribution < -0.4 is 10.2 Å². The van der Waals surface area contributed by atoms with Crippen LogP contribution in [-0.2, 0) is 4.74 Å². The molecule has 2 aromatic rings. The van der Waals surface area contributed by atoms with Gasteiger partial charge in [-0.05, 0) is 19.1 Å². The first-order valence-corrected chi connectivity index (χ1v) is 7.71. The van der Waals surface area contributed by atoms with Gasteiger partial charge in [-0.25, -0.2) is 4.98 Å². The van der Waals surface area contributed by atoms with E-state index in [1.165, 1.54) is 11.3 Å². The molecule has 1 aliphatic rings. The number of anilines is 2. The molecule has 0 bridgehead atoms. The predicted octanol–water partition coefficient (Wildman–Crippen LogP) is 2.54. The zero-order valence-electron chi connectivity index (χ0n) is 11.8. The molecule has 0 radical (unpaired) electrons. The SMILES string of the molecule is Cc1cnc(NC(=O)c2ccccc2N2CCOCC2)s1. The Bertz CT molecular complexity index is 635. The molecule has 1 aromatic carbocycles. The number of thiazole rings is 1. The van der Waals surface area contributed by atoms with Crippen molar-refractivity contribution in [3.63, 3.8) is 0 Å². The van der Waals surface area contributed by atoms with Gasteiger partial charge in [0.15, 0.2) is 5.13 Å². The summed E-state index contributed by atoms with van der Waals surface area (Å²) in [6.45, 7) is 4.97. The second-order valence-corrected chi connectivity index (χ2v) is 6.08. The minimum atomic E-state index is -0.119. The minimum absolute atomic E-state index is 0.119. The highest BCUT2D eigenvalue weighted by atomic mass is 32.1. The number of benzene rings is 1. The lowest BCUT2D eigenvalue weighted by molar-refractivity contribution is 0.102. The number of aryl methyl sites for hydroxylation is 1. The Balaban J connectivity index is 1.82. The van der Waals surface area contributed by atoms with Crippen LogP contribution in [0.5, 0.6) is 0 Å². The molecule has 1 amide bonds. The second kappa shape index (κ2) is 6.24. The molecule has 5 nitrogen and oxygen atoms in total. The number of rotatable bonds is 3. The highest BCUT2D eigenvalue weighted by Crippen LogP contribution is 2.24. The van der Waals surface area contributed by atoms with E-state index in [1.807, 2.05) is 31.2 Å². The molecular formula is C15H17N3O2S. The summed E-state index contributed by atoms with van der Waals surface area (Å²) in [4.78, 5) is 19.9. The zero-order chi connectivity index (χ0) is 14.7. The van der Waals surface area contributed by atoms with Gasteiger partial charge in [0.25, 0.3) is 5.91 Å². The van der Waals surface area contributed by atoms with Gasteiger partial charge in [-0.15, -0.1) is 11.3 Å². The summed E-state index contributed by atoms with van der Waals surface area (Å²) in [5, 5.41) is 3.50. The Morgan fingerprint density at radius 2 is 2.10 bits per heavy atom. The van der Waals surface area contributed by atoms with E-state index in [2.05, 4.69) is 15.2 Å². The largest absolute Gasteiger partial charge is 0.378 e. The highest BCUT2D eigenvalue weighted by molar-refractivity contribution is 7.15. The maximum absolute atomic E-state index is 12.5. The van der Waals surface area contributed by atoms with Gasteiger partial charge in [-0.1, -0.05) is 12.1 Å². The van der Waals surface area contributed by atoms with Crippen molar-refractivity contribution in [2.24, 2.45) is 0 Å². The number of amides is 1. The van der Waals surface area contributed by atoms with Crippen molar-refractivity contribution in [1.29, 1.82) is 0 Å². The predicted molar refractivity (Wildman–Crippen MR) is 84.3 cm³/mol. The minimum Gasteiger partial charge on any atom is -0.378 e. The fourth-order valence-corrected chi connectivity index (χ4v) is 2.98. The van der Waals surface area contributed by atoms with Crippen molar-refractivity contribution in [2.75, 3.05) is 36.5 Å². The summed E-state index contributed by atoms with van der Waals surface area (Å²) in [6, 6.07) is 7.66. The van der Waals surface area contributed by atoms with Gasteiger partial charge in [0, 0.05) is 29.9 Å². The number of nitrogens with one attached hydrogen (secondary N) is 1. The Hall–Kier alpha value is -1.92. The number of ether oxygens (including phenoxy) is 1. The van der Waals surface area contributed by atoms with Gasteiger partial charge in [-0.3, -0.25) is 10.1 Å². The summed E-state index contributed by atoms with van der Waals surface area (Å²) in [7, 11) is 0. The third-order valence-electron chi connectivity index (χ3n) is 3.34. The van der Waals surface area contributed by atoms with E-state index in [0.717, 1.165) is 23.7 Å². The maximum Gasteiger partial charge on any atom is 0.259 e. The van der Waals surface area contributed by atoms with Crippen molar-refractivity contribution in [1.82, 2.24) is 4.98 Å². The van der Waals surface area contributed by atoms with E-state index in [9.17, 15) is 4.79 Å². The molecule has 110 valence electrons. The maximum atomic E-state index is 12.5. The Morgan fingerprint density at radius 3 is 2.81 bits per heavy atom. The van der Waals surface area contributed by atoms with Gasteiger partial charge >= 0.3 is 0 Å². The summed E-state index contributed by atoms with van der Waals surface area (Å²) < 4.78 is 5.37. The van der Waals surface area contributed by atoms with E-state index in [1.54, 1.807) is 6.20 Å². The number of para-hydroxylation sites is 1. The van der Waals surface area contributed by atoms with Gasteiger partial charge in [0.05, 0.1) is 18.8 Å². The van der Waals surface area contributed by atoms with Crippen LogP contribution in [0.25, 0.3) is 0 Å². The van der Waals surface area contributed by atoms with Crippen LogP contribution in [0.3, 0.4) is 0 Å². The van der Waals surface area contributed by atoms with E-state index >= 15 is 0 Å². The molecule has 0 aliphatic carbocycles. The lowest BCUT2D eigenvalue weighted by Gasteiger charge is -2.30. The van der Waals surface area contributed by atoms with Crippen molar-refractivity contribution in [3.05, 3.63) is 40.9 Å². The van der Waals surface area contributed by atoms with Gasteiger partial charge in [-0.2, -0.15) is 0 Å². The molecule has 3 rings (SSSR count). The Kier molecular flexibility index (Phi) is 4.17. The van der Waals surface area contributed by atoms with Crippen LogP contribution in [-0.4, -0.2) is 37.2 Å². The molecule has 0 atom stereocenters. The molecule has 1 aromatic heterocycles. The van der Waals surface area contributed by atoms with Gasteiger partial charge in [0.2, 0.25) is 0 Å². The molecule has 0 saturated carbocycles. The van der Waals surface area contributed by atoms with E-state index in [4.69, 9.17) is 4.74 Å². The van der Waals surface area contributed by atoms with Crippen LogP contribution in [0, 0.1) is 6.92 Å². The van der Waals surface area contributed by atoms with Gasteiger partial charge in [0.1, 0.15) is 0 Å². The molecule has 6 heteroatoms. The van der Waals surface area contributed by atoms with Crippen molar-refractivity contribution < 1.29 is 9.53 Å². The fourth-order valence-electron chi connectivity index (χ4n) is 2.32. The zero-order valence-corrected chi connectivity index (χ0v) is 12.7. The molecule has 2 heterocycles. The molecule has 21 heavy (non-hydrogen) atoms. The van der Waals surface area contributed by atoms with Crippen LogP contribution in [0.1, 0.15) is 15.2 Å². The number of carbonyl (C=O) groups excluding carboxylic acids is 1. The van der Waals surface area contributed by atoms with Crippen molar-refractivity contribution in [3.8, 4) is 0 Å². The summed E-state index contributed by atoms with van der Waals surface area (Å²) in [5.74, 6) is -0.119. The topological polar surface area (TPSA) is 54.5 Å². The summed E-state index contributed by atoms with van der Waals surface area (Å²) in [5.41, 5.74) is 1.62. The van der Waals surface area contributed by atoms with Crippen molar-refractivity contribution in [2.45, 2.75) is 6.92 Å². The van der Waals surface area contributed by atoms with Gasteiger partial charge < -0.3 is 9.64 Å². The number of nitrogens with zero attached hydrogens (tertiary/aromatic N) is 2. The van der Waals surface area contributed by atoms with Crippen molar-refractivity contribution >= 4 is 28.1 Å². The standard InChI is InChI=1S/C15H17N3O2S/c1-11-10-16-15(21-11)17-14(19)12-4-2-3-5-13(12)18-6-8-20-9-7-18/h2-5,10H,6-9H2,1H3,(H,16,17,19). The molecule has 0 unspecified atom stereocenters. The number of morpholine rings is 1. The lowest BCUT2D eigenvalue weighted by atomic mass is 10.1. The number of carbonyl (C=O) groups is 1. The summed E-state index contributed by atoms with van der Waals surface area (Å²) in [6.07, 6.45) is 1.76. The first-order valence-electron chi connectivity index (χ1n) is 6.89. The quantitative estimate of drug-likeness (QED) is 0.947. The van der Waals surface area contributed by atoms with E-state index in [0.29, 0.717) is 23.9 Å². The molecular weight excluding hydrogens is 286 g/mol. The third-order valence-corrected chi connectivity index (χ3v) is 4.17. The Labute approximate surface area is 127 Å². The number of hydrogen-bond donors (Lipinski definition) is 1. The third kappa shape index (κ3) is 3.22. The van der Waals surface area contributed by atoms with E-state index < -0.39 is 0 Å². The summed E-state index contributed by atoms with van der Waals surface area (Å²) >= 11 is 1.48. The molecule has 1 aliphatic heterocycles. The molecule has 1 fully saturated rings. The first-order chi connectivity index (χ1) is 10.2. The average Bonchev–Trinajstić information content (AvgIpc) is 2.93. The van der Waals surface area contributed by atoms with E-state index in [-0.39, 0.29) is 5.91 Å². The molecule has 0 spiro atoms. The van der Waals surface area contributed by atoms with Crippen LogP contribution in [0.4, 0.5) is 10.8 Å². The average molecular weight is 303 g/mol. The van der Waals surface area contributed by atoms with Crippen LogP contribution in [0.2, 0.25) is 0 Å². The normalized spacial score (nSPS) is 15.0. The van der Waals surface area contributed by atoms with Crippen LogP contribution >= 0.6 is 11.3 Å². The lowest BCUT2D eigenvalue weighted by Crippen LogP contribution is -2.37. The van der Waals surface area contributed by atoms with Crippen LogP contribution in [0.15, 0.2) is 30.5 Å². The fraction of sp³-hybridized carbons (Fsp3) is 0.333. The molecule has 1 N–H and O–H groups in total. The highest BCUT2D eigenvalue weighted by Gasteiger charge is 2.18. The monoisotopic (exact) mass is 303 g/mol. The molecule has 1 saturated heterocycles. The number of aromatic nitrogens is 1. The number of hydrogen-bond acceptors (Lipinski definition) is 5. The second-order valence-electron chi connectivity index (χ2n) is 4.85. The first kappa shape index (κ1) is 14.0. The Morgan fingerprint density at radius 1 is 1.33 bits per heavy atom. The smallest absolute Gasteiger partial charge is 0.259 e.